The Bertz CT molecular complexity index is 420. The van der Waals surface area contributed by atoms with Gasteiger partial charge in [-0.25, -0.2) is 8.78 Å². The molecule has 1 rings (SSSR count). The highest BCUT2D eigenvalue weighted by atomic mass is 19.1. The van der Waals surface area contributed by atoms with E-state index in [2.05, 4.69) is 5.32 Å². The zero-order valence-corrected chi connectivity index (χ0v) is 11.3. The lowest BCUT2D eigenvalue weighted by Gasteiger charge is -2.16. The van der Waals surface area contributed by atoms with Crippen LogP contribution < -0.4 is 11.1 Å². The minimum Gasteiger partial charge on any atom is -0.397 e. The number of carbonyl (C=O) groups is 1. The molecule has 0 fully saturated rings. The van der Waals surface area contributed by atoms with E-state index in [1.165, 1.54) is 0 Å². The molecule has 3 N–H and O–H groups in total. The predicted octanol–water partition coefficient (Wildman–Crippen LogP) is 3.70. The van der Waals surface area contributed by atoms with Crippen LogP contribution in [0.25, 0.3) is 0 Å². The molecule has 0 atom stereocenters. The molecule has 1 aromatic rings. The zero-order valence-electron chi connectivity index (χ0n) is 11.3. The summed E-state index contributed by atoms with van der Waals surface area (Å²) in [6.45, 7) is 3.98. The van der Waals surface area contributed by atoms with Gasteiger partial charge in [-0.1, -0.05) is 26.7 Å². The Morgan fingerprint density at radius 1 is 1.26 bits per heavy atom. The second-order valence-corrected chi connectivity index (χ2v) is 4.62. The molecule has 0 aliphatic heterocycles. The van der Waals surface area contributed by atoms with Crippen molar-refractivity contribution < 1.29 is 13.6 Å². The second-order valence-electron chi connectivity index (χ2n) is 4.62. The van der Waals surface area contributed by atoms with Crippen LogP contribution in [-0.4, -0.2) is 5.91 Å². The van der Waals surface area contributed by atoms with Crippen LogP contribution in [0.5, 0.6) is 0 Å². The normalized spacial score (nSPS) is 10.8. The summed E-state index contributed by atoms with van der Waals surface area (Å²) >= 11 is 0. The first-order valence-electron chi connectivity index (χ1n) is 6.54. The number of hydrogen-bond donors (Lipinski definition) is 2. The van der Waals surface area contributed by atoms with Crippen molar-refractivity contribution in [1.29, 1.82) is 0 Å². The number of hydrogen-bond acceptors (Lipinski definition) is 2. The highest BCUT2D eigenvalue weighted by Crippen LogP contribution is 2.25. The van der Waals surface area contributed by atoms with Crippen molar-refractivity contribution in [2.75, 3.05) is 11.1 Å². The van der Waals surface area contributed by atoms with Gasteiger partial charge in [-0.05, 0) is 18.9 Å². The maximum Gasteiger partial charge on any atom is 0.227 e. The first kappa shape index (κ1) is 15.4. The standard InChI is InChI=1S/C14H20F2N2O/c1-3-5-9(6-4-2)14(19)18-13-11(16)7-10(15)8-12(13)17/h7-9H,3-6,17H2,1-2H3,(H,18,19). The molecule has 0 aliphatic carbocycles. The van der Waals surface area contributed by atoms with Gasteiger partial charge in [-0.15, -0.1) is 0 Å². The molecule has 0 aliphatic rings. The van der Waals surface area contributed by atoms with E-state index in [-0.39, 0.29) is 23.2 Å². The maximum absolute atomic E-state index is 13.6. The highest BCUT2D eigenvalue weighted by molar-refractivity contribution is 5.95. The molecule has 0 radical (unpaired) electrons. The Hall–Kier alpha value is -1.65. The van der Waals surface area contributed by atoms with Crippen LogP contribution in [-0.2, 0) is 4.79 Å². The molecule has 0 aromatic heterocycles. The lowest BCUT2D eigenvalue weighted by molar-refractivity contribution is -0.120. The van der Waals surface area contributed by atoms with Gasteiger partial charge in [0, 0.05) is 12.0 Å². The summed E-state index contributed by atoms with van der Waals surface area (Å²) < 4.78 is 26.5. The van der Waals surface area contributed by atoms with E-state index >= 15 is 0 Å². The number of amides is 1. The summed E-state index contributed by atoms with van der Waals surface area (Å²) in [5, 5.41) is 2.47. The van der Waals surface area contributed by atoms with Crippen LogP contribution in [0.15, 0.2) is 12.1 Å². The number of nitrogens with one attached hydrogen (secondary N) is 1. The van der Waals surface area contributed by atoms with Gasteiger partial charge in [0.05, 0.1) is 5.69 Å². The lowest BCUT2D eigenvalue weighted by atomic mass is 9.97. The Kier molecular flexibility index (Phi) is 5.73. The van der Waals surface area contributed by atoms with Gasteiger partial charge in [0.2, 0.25) is 5.91 Å². The third-order valence-electron chi connectivity index (χ3n) is 2.98. The molecule has 1 aromatic carbocycles. The third-order valence-corrected chi connectivity index (χ3v) is 2.98. The minimum absolute atomic E-state index is 0.0994. The smallest absolute Gasteiger partial charge is 0.227 e. The molecular formula is C14H20F2N2O. The van der Waals surface area contributed by atoms with E-state index in [0.717, 1.165) is 31.7 Å². The van der Waals surface area contributed by atoms with Gasteiger partial charge in [-0.3, -0.25) is 4.79 Å². The molecule has 0 saturated carbocycles. The van der Waals surface area contributed by atoms with Gasteiger partial charge in [-0.2, -0.15) is 0 Å². The van der Waals surface area contributed by atoms with Crippen molar-refractivity contribution in [1.82, 2.24) is 0 Å². The number of halogens is 2. The monoisotopic (exact) mass is 270 g/mol. The summed E-state index contributed by atoms with van der Waals surface area (Å²) in [6.07, 6.45) is 3.23. The van der Waals surface area contributed by atoms with Gasteiger partial charge >= 0.3 is 0 Å². The average molecular weight is 270 g/mol. The Labute approximate surface area is 112 Å². The summed E-state index contributed by atoms with van der Waals surface area (Å²) in [5.41, 5.74) is 5.29. The van der Waals surface area contributed by atoms with Crippen molar-refractivity contribution in [3.05, 3.63) is 23.8 Å². The fourth-order valence-corrected chi connectivity index (χ4v) is 2.05. The van der Waals surface area contributed by atoms with E-state index < -0.39 is 11.6 Å². The number of nitrogens with two attached hydrogens (primary N) is 1. The van der Waals surface area contributed by atoms with E-state index in [0.29, 0.717) is 6.07 Å². The van der Waals surface area contributed by atoms with Crippen LogP contribution in [0, 0.1) is 17.6 Å². The highest BCUT2D eigenvalue weighted by Gasteiger charge is 2.19. The molecule has 19 heavy (non-hydrogen) atoms. The van der Waals surface area contributed by atoms with Gasteiger partial charge in [0.15, 0.2) is 5.82 Å². The van der Waals surface area contributed by atoms with E-state index in [4.69, 9.17) is 5.73 Å². The van der Waals surface area contributed by atoms with Crippen LogP contribution in [0.1, 0.15) is 39.5 Å². The van der Waals surface area contributed by atoms with Gasteiger partial charge in [0.1, 0.15) is 11.5 Å². The first-order chi connectivity index (χ1) is 8.99. The molecule has 0 saturated heterocycles. The Balaban J connectivity index is 2.86. The summed E-state index contributed by atoms with van der Waals surface area (Å²) in [6, 6.07) is 1.70. The molecule has 106 valence electrons. The van der Waals surface area contributed by atoms with Crippen molar-refractivity contribution in [2.45, 2.75) is 39.5 Å². The molecule has 3 nitrogen and oxygen atoms in total. The van der Waals surface area contributed by atoms with E-state index in [9.17, 15) is 13.6 Å². The first-order valence-corrected chi connectivity index (χ1v) is 6.54. The number of rotatable bonds is 6. The summed E-state index contributed by atoms with van der Waals surface area (Å²) in [4.78, 5) is 12.1. The minimum atomic E-state index is -0.849. The number of nitrogen functional groups attached to an aromatic ring is 1. The molecular weight excluding hydrogens is 250 g/mol. The third kappa shape index (κ3) is 4.19. The lowest BCUT2D eigenvalue weighted by Crippen LogP contribution is -2.24. The van der Waals surface area contributed by atoms with Crippen LogP contribution >= 0.6 is 0 Å². The number of benzene rings is 1. The van der Waals surface area contributed by atoms with E-state index in [1.54, 1.807) is 0 Å². The summed E-state index contributed by atoms with van der Waals surface area (Å²) in [5.74, 6) is -2.04. The molecule has 0 heterocycles. The molecule has 0 unspecified atom stereocenters. The SMILES string of the molecule is CCCC(CCC)C(=O)Nc1c(N)cc(F)cc1F. The quantitative estimate of drug-likeness (QED) is 0.774. The zero-order chi connectivity index (χ0) is 14.4. The van der Waals surface area contributed by atoms with E-state index in [1.807, 2.05) is 13.8 Å². The van der Waals surface area contributed by atoms with Crippen molar-refractivity contribution in [3.8, 4) is 0 Å². The van der Waals surface area contributed by atoms with Gasteiger partial charge in [0.25, 0.3) is 0 Å². The Morgan fingerprint density at radius 3 is 2.32 bits per heavy atom. The maximum atomic E-state index is 13.6. The number of carbonyl (C=O) groups excluding carboxylic acids is 1. The molecule has 5 heteroatoms. The average Bonchev–Trinajstić information content (AvgIpc) is 2.33. The second kappa shape index (κ2) is 7.07. The number of anilines is 2. The van der Waals surface area contributed by atoms with Crippen molar-refractivity contribution >= 4 is 17.3 Å². The van der Waals surface area contributed by atoms with Gasteiger partial charge < -0.3 is 11.1 Å². The topological polar surface area (TPSA) is 55.1 Å². The predicted molar refractivity (Wildman–Crippen MR) is 72.7 cm³/mol. The fraction of sp³-hybridized carbons (Fsp3) is 0.500. The molecule has 1 amide bonds. The van der Waals surface area contributed by atoms with Crippen LogP contribution in [0.3, 0.4) is 0 Å². The largest absolute Gasteiger partial charge is 0.397 e. The van der Waals surface area contributed by atoms with Crippen LogP contribution in [0.4, 0.5) is 20.2 Å². The fourth-order valence-electron chi connectivity index (χ4n) is 2.05. The van der Waals surface area contributed by atoms with Crippen LogP contribution in [0.2, 0.25) is 0 Å². The van der Waals surface area contributed by atoms with Crippen molar-refractivity contribution in [3.63, 3.8) is 0 Å². The van der Waals surface area contributed by atoms with Crippen molar-refractivity contribution in [2.24, 2.45) is 5.92 Å². The summed E-state index contributed by atoms with van der Waals surface area (Å²) in [7, 11) is 0. The molecule has 0 spiro atoms. The Morgan fingerprint density at radius 2 is 1.84 bits per heavy atom. The molecule has 0 bridgehead atoms.